The Labute approximate surface area is 147 Å². The van der Waals surface area contributed by atoms with Gasteiger partial charge in [-0.15, -0.1) is 0 Å². The smallest absolute Gasteiger partial charge is 0.308 e. The van der Waals surface area contributed by atoms with E-state index in [0.29, 0.717) is 18.5 Å². The Kier molecular flexibility index (Phi) is 7.60. The van der Waals surface area contributed by atoms with Gasteiger partial charge in [-0.3, -0.25) is 14.4 Å². The van der Waals surface area contributed by atoms with Crippen LogP contribution in [0.5, 0.6) is 11.5 Å². The average molecular weight is 346 g/mol. The van der Waals surface area contributed by atoms with Gasteiger partial charge in [0.05, 0.1) is 12.5 Å². The molecule has 1 rings (SSSR count). The quantitative estimate of drug-likeness (QED) is 0.555. The summed E-state index contributed by atoms with van der Waals surface area (Å²) in [5, 5.41) is 8.73. The molecule has 134 valence electrons. The molecule has 0 aliphatic rings. The molecule has 0 radical (unpaired) electrons. The summed E-state index contributed by atoms with van der Waals surface area (Å²) < 4.78 is 10.2. The number of amides is 1. The summed E-state index contributed by atoms with van der Waals surface area (Å²) in [6.45, 7) is 6.20. The van der Waals surface area contributed by atoms with Crippen LogP contribution in [0.3, 0.4) is 0 Å². The van der Waals surface area contributed by atoms with Gasteiger partial charge < -0.3 is 14.4 Å². The van der Waals surface area contributed by atoms with Gasteiger partial charge >= 0.3 is 11.9 Å². The van der Waals surface area contributed by atoms with Gasteiger partial charge in [-0.1, -0.05) is 6.07 Å². The van der Waals surface area contributed by atoms with Gasteiger partial charge in [0.1, 0.15) is 11.5 Å². The van der Waals surface area contributed by atoms with E-state index in [0.717, 1.165) is 0 Å². The van der Waals surface area contributed by atoms with Crippen LogP contribution in [0, 0.1) is 11.3 Å². The molecule has 1 amide bonds. The first-order valence-electron chi connectivity index (χ1n) is 7.88. The van der Waals surface area contributed by atoms with E-state index in [1.54, 1.807) is 17.0 Å². The summed E-state index contributed by atoms with van der Waals surface area (Å²) in [6.07, 6.45) is 0.667. The number of nitriles is 1. The maximum Gasteiger partial charge on any atom is 0.308 e. The lowest BCUT2D eigenvalue weighted by Gasteiger charge is -2.28. The van der Waals surface area contributed by atoms with Crippen LogP contribution >= 0.6 is 0 Å². The Hall–Kier alpha value is -2.88. The molecule has 7 heteroatoms. The number of carbonyl (C=O) groups is 3. The van der Waals surface area contributed by atoms with Gasteiger partial charge in [0.15, 0.2) is 0 Å². The number of rotatable bonds is 7. The van der Waals surface area contributed by atoms with E-state index in [-0.39, 0.29) is 29.9 Å². The molecule has 0 aliphatic heterocycles. The van der Waals surface area contributed by atoms with Crippen molar-refractivity contribution in [2.75, 3.05) is 6.54 Å². The summed E-state index contributed by atoms with van der Waals surface area (Å²) in [7, 11) is 0. The molecule has 0 fully saturated rings. The van der Waals surface area contributed by atoms with Crippen LogP contribution in [0.25, 0.3) is 0 Å². The topological polar surface area (TPSA) is 96.7 Å². The Morgan fingerprint density at radius 2 is 1.80 bits per heavy atom. The largest absolute Gasteiger partial charge is 0.427 e. The van der Waals surface area contributed by atoms with Gasteiger partial charge in [-0.25, -0.2) is 0 Å². The van der Waals surface area contributed by atoms with Crippen molar-refractivity contribution >= 4 is 17.8 Å². The van der Waals surface area contributed by atoms with E-state index in [2.05, 4.69) is 0 Å². The highest BCUT2D eigenvalue weighted by molar-refractivity contribution is 5.74. The summed E-state index contributed by atoms with van der Waals surface area (Å²) in [5.41, 5.74) is 0.696. The van der Waals surface area contributed by atoms with Gasteiger partial charge in [-0.05, 0) is 25.0 Å². The molecule has 0 spiro atoms. The molecule has 25 heavy (non-hydrogen) atoms. The van der Waals surface area contributed by atoms with Gasteiger partial charge in [0.25, 0.3) is 0 Å². The molecule has 1 unspecified atom stereocenters. The molecular weight excluding hydrogens is 324 g/mol. The second kappa shape index (κ2) is 9.42. The zero-order chi connectivity index (χ0) is 19.0. The van der Waals surface area contributed by atoms with Crippen molar-refractivity contribution in [2.45, 2.75) is 46.6 Å². The Morgan fingerprint density at radius 1 is 1.16 bits per heavy atom. The number of nitrogens with zero attached hydrogens (tertiary/aromatic N) is 2. The third-order valence-corrected chi connectivity index (χ3v) is 3.47. The average Bonchev–Trinajstić information content (AvgIpc) is 2.48. The van der Waals surface area contributed by atoms with E-state index >= 15 is 0 Å². The summed E-state index contributed by atoms with van der Waals surface area (Å²) >= 11 is 0. The molecule has 0 saturated heterocycles. The Morgan fingerprint density at radius 3 is 2.32 bits per heavy atom. The summed E-state index contributed by atoms with van der Waals surface area (Å²) in [6, 6.07) is 6.59. The van der Waals surface area contributed by atoms with Crippen molar-refractivity contribution < 1.29 is 23.9 Å². The highest BCUT2D eigenvalue weighted by Gasteiger charge is 2.19. The first kappa shape index (κ1) is 20.2. The Balaban J connectivity index is 3.05. The third-order valence-electron chi connectivity index (χ3n) is 3.47. The zero-order valence-corrected chi connectivity index (χ0v) is 14.9. The molecule has 0 aliphatic carbocycles. The number of esters is 2. The molecule has 0 saturated carbocycles. The number of benzene rings is 1. The highest BCUT2D eigenvalue weighted by Crippen LogP contribution is 2.27. The lowest BCUT2D eigenvalue weighted by Crippen LogP contribution is -2.39. The van der Waals surface area contributed by atoms with Crippen LogP contribution < -0.4 is 9.47 Å². The van der Waals surface area contributed by atoms with Crippen LogP contribution in [0.1, 0.15) is 39.7 Å². The van der Waals surface area contributed by atoms with Crippen molar-refractivity contribution in [2.24, 2.45) is 0 Å². The highest BCUT2D eigenvalue weighted by atomic mass is 16.5. The molecule has 1 aromatic rings. The first-order chi connectivity index (χ1) is 11.7. The molecule has 7 nitrogen and oxygen atoms in total. The second-order valence-electron chi connectivity index (χ2n) is 5.63. The van der Waals surface area contributed by atoms with Gasteiger partial charge in [0.2, 0.25) is 5.91 Å². The van der Waals surface area contributed by atoms with E-state index in [1.807, 2.05) is 13.0 Å². The zero-order valence-electron chi connectivity index (χ0n) is 14.9. The lowest BCUT2D eigenvalue weighted by molar-refractivity contribution is -0.132. The number of hydrogen-bond donors (Lipinski definition) is 0. The molecular formula is C18H22N2O5. The van der Waals surface area contributed by atoms with Crippen LogP contribution in [-0.4, -0.2) is 35.3 Å². The summed E-state index contributed by atoms with van der Waals surface area (Å²) in [4.78, 5) is 35.8. The van der Waals surface area contributed by atoms with Crippen molar-refractivity contribution in [1.29, 1.82) is 5.26 Å². The monoisotopic (exact) mass is 346 g/mol. The van der Waals surface area contributed by atoms with Crippen LogP contribution in [0.15, 0.2) is 18.2 Å². The van der Waals surface area contributed by atoms with Gasteiger partial charge in [0, 0.05) is 39.4 Å². The van der Waals surface area contributed by atoms with E-state index in [1.165, 1.54) is 26.8 Å². The molecule has 0 N–H and O–H groups in total. The molecule has 0 heterocycles. The third kappa shape index (κ3) is 6.63. The fourth-order valence-electron chi connectivity index (χ4n) is 2.47. The second-order valence-corrected chi connectivity index (χ2v) is 5.63. The lowest BCUT2D eigenvalue weighted by atomic mass is 10.0. The normalized spacial score (nSPS) is 11.2. The number of carbonyl (C=O) groups excluding carboxylic acids is 3. The predicted molar refractivity (Wildman–Crippen MR) is 89.8 cm³/mol. The molecule has 1 atom stereocenters. The first-order valence-corrected chi connectivity index (χ1v) is 7.88. The minimum absolute atomic E-state index is 0.131. The summed E-state index contributed by atoms with van der Waals surface area (Å²) in [5.74, 6) is -0.556. The van der Waals surface area contributed by atoms with E-state index < -0.39 is 11.9 Å². The SMILES string of the molecule is CC(=O)Oc1ccc(CC(C)N(CCC#N)C(C)=O)c(OC(C)=O)c1. The number of ether oxygens (including phenoxy) is 2. The molecule has 0 bridgehead atoms. The van der Waals surface area contributed by atoms with Crippen LogP contribution in [0.4, 0.5) is 0 Å². The molecule has 1 aromatic carbocycles. The van der Waals surface area contributed by atoms with E-state index in [4.69, 9.17) is 14.7 Å². The fourth-order valence-corrected chi connectivity index (χ4v) is 2.47. The maximum atomic E-state index is 11.8. The standard InChI is InChI=1S/C18H22N2O5/c1-12(20(13(2)21)9-5-8-19)10-16-6-7-17(24-14(3)22)11-18(16)25-15(4)23/h6-7,11-12H,5,9-10H2,1-4H3. The van der Waals surface area contributed by atoms with Crippen molar-refractivity contribution in [3.63, 3.8) is 0 Å². The minimum atomic E-state index is -0.498. The number of hydrogen-bond acceptors (Lipinski definition) is 6. The van der Waals surface area contributed by atoms with Crippen molar-refractivity contribution in [3.8, 4) is 17.6 Å². The maximum absolute atomic E-state index is 11.8. The van der Waals surface area contributed by atoms with Crippen LogP contribution in [0.2, 0.25) is 0 Å². The van der Waals surface area contributed by atoms with Gasteiger partial charge in [-0.2, -0.15) is 5.26 Å². The molecule has 0 aromatic heterocycles. The van der Waals surface area contributed by atoms with E-state index in [9.17, 15) is 14.4 Å². The van der Waals surface area contributed by atoms with Crippen LogP contribution in [-0.2, 0) is 20.8 Å². The minimum Gasteiger partial charge on any atom is -0.427 e. The predicted octanol–water partition coefficient (Wildman–Crippen LogP) is 2.23. The van der Waals surface area contributed by atoms with Crippen molar-refractivity contribution in [3.05, 3.63) is 23.8 Å². The van der Waals surface area contributed by atoms with Crippen molar-refractivity contribution in [1.82, 2.24) is 4.90 Å². The fraction of sp³-hybridized carbons (Fsp3) is 0.444. The Bertz CT molecular complexity index is 693.